The van der Waals surface area contributed by atoms with Gasteiger partial charge in [0.2, 0.25) is 10.0 Å². The Balaban J connectivity index is 1.89. The summed E-state index contributed by atoms with van der Waals surface area (Å²) in [4.78, 5) is 0.239. The van der Waals surface area contributed by atoms with Crippen molar-refractivity contribution in [3.8, 4) is 0 Å². The Labute approximate surface area is 167 Å². The molecule has 0 aliphatic heterocycles. The van der Waals surface area contributed by atoms with Crippen LogP contribution >= 0.6 is 0 Å². The third-order valence-corrected chi connectivity index (χ3v) is 6.88. The molecule has 0 aromatic heterocycles. The summed E-state index contributed by atoms with van der Waals surface area (Å²) in [5, 5.41) is 13.3. The lowest BCUT2D eigenvalue weighted by Gasteiger charge is -2.31. The lowest BCUT2D eigenvalue weighted by atomic mass is 9.90. The fourth-order valence-electron chi connectivity index (χ4n) is 3.83. The average Bonchev–Trinajstić information content (AvgIpc) is 2.70. The van der Waals surface area contributed by atoms with Crippen molar-refractivity contribution in [2.45, 2.75) is 62.9 Å². The van der Waals surface area contributed by atoms with Gasteiger partial charge in [0.1, 0.15) is 0 Å². The third kappa shape index (κ3) is 4.62. The maximum atomic E-state index is 13.3. The van der Waals surface area contributed by atoms with Gasteiger partial charge in [0.05, 0.1) is 10.9 Å². The quantitative estimate of drug-likeness (QED) is 0.345. The van der Waals surface area contributed by atoms with Crippen molar-refractivity contribution in [1.29, 1.82) is 0 Å². The van der Waals surface area contributed by atoms with E-state index in [-0.39, 0.29) is 4.90 Å². The van der Waals surface area contributed by atoms with Crippen molar-refractivity contribution in [3.63, 3.8) is 0 Å². The monoisotopic (exact) mass is 400 g/mol. The first-order valence-corrected chi connectivity index (χ1v) is 11.4. The number of nitrogens with one attached hydrogen (secondary N) is 1. The Morgan fingerprint density at radius 2 is 1.71 bits per heavy atom. The normalized spacial score (nSPS) is 21.2. The van der Waals surface area contributed by atoms with Gasteiger partial charge in [-0.05, 0) is 44.0 Å². The minimum atomic E-state index is -3.66. The molecule has 1 N–H and O–H groups in total. The van der Waals surface area contributed by atoms with Gasteiger partial charge in [-0.3, -0.25) is 0 Å². The van der Waals surface area contributed by atoms with Gasteiger partial charge < -0.3 is 5.21 Å². The van der Waals surface area contributed by atoms with Crippen molar-refractivity contribution in [3.05, 3.63) is 70.9 Å². The van der Waals surface area contributed by atoms with Gasteiger partial charge in [0, 0.05) is 18.4 Å². The summed E-state index contributed by atoms with van der Waals surface area (Å²) < 4.78 is 29.6. The molecule has 0 radical (unpaired) electrons. The van der Waals surface area contributed by atoms with Gasteiger partial charge in [-0.25, -0.2) is 17.9 Å². The first kappa shape index (κ1) is 20.6. The highest BCUT2D eigenvalue weighted by Gasteiger charge is 2.36. The van der Waals surface area contributed by atoms with Crippen LogP contribution in [-0.4, -0.2) is 31.0 Å². The second-order valence-electron chi connectivity index (χ2n) is 7.38. The van der Waals surface area contributed by atoms with Crippen LogP contribution in [0.15, 0.2) is 59.5 Å². The van der Waals surface area contributed by atoms with Crippen molar-refractivity contribution in [2.24, 2.45) is 0 Å². The molecule has 3 rings (SSSR count). The Morgan fingerprint density at radius 3 is 2.36 bits per heavy atom. The Hall–Kier alpha value is -2.18. The number of rotatable bonds is 6. The van der Waals surface area contributed by atoms with Crippen molar-refractivity contribution in [2.75, 3.05) is 0 Å². The Morgan fingerprint density at radius 1 is 1.07 bits per heavy atom. The highest BCUT2D eigenvalue weighted by atomic mass is 32.2. The predicted octanol–water partition coefficient (Wildman–Crippen LogP) is 3.99. The fraction of sp³-hybridized carbons (Fsp3) is 0.409. The van der Waals surface area contributed by atoms with E-state index in [1.54, 1.807) is 24.3 Å². The number of aryl methyl sites for hydroxylation is 1. The standard InChI is InChI=1S/C22H28N2O3S/c1-3-21(18-9-5-4-6-10-18)24(25)22-12-8-7-11-20(22)23-28(26,27)19-15-13-17(2)14-16-19/h4-6,9-10,13-16,20,22-23H,3,7-8,11-12H2,1-2H3/b24-21-/t20-,22-/m1/s1. The van der Waals surface area contributed by atoms with E-state index in [0.717, 1.165) is 28.7 Å². The summed E-state index contributed by atoms with van der Waals surface area (Å²) in [6.45, 7) is 3.88. The minimum absolute atomic E-state index is 0.239. The molecule has 1 aliphatic rings. The zero-order valence-corrected chi connectivity index (χ0v) is 17.3. The van der Waals surface area contributed by atoms with E-state index in [0.29, 0.717) is 25.0 Å². The molecule has 1 fully saturated rings. The Kier molecular flexibility index (Phi) is 6.52. The van der Waals surface area contributed by atoms with Crippen LogP contribution < -0.4 is 4.72 Å². The summed E-state index contributed by atoms with van der Waals surface area (Å²) in [6, 6.07) is 15.6. The summed E-state index contributed by atoms with van der Waals surface area (Å²) in [6.07, 6.45) is 3.79. The Bertz CT molecular complexity index is 922. The van der Waals surface area contributed by atoms with Gasteiger partial charge in [-0.15, -0.1) is 0 Å². The average molecular weight is 401 g/mol. The van der Waals surface area contributed by atoms with Crippen LogP contribution in [0.2, 0.25) is 0 Å². The van der Waals surface area contributed by atoms with E-state index < -0.39 is 22.1 Å². The largest absolute Gasteiger partial charge is 0.623 e. The summed E-state index contributed by atoms with van der Waals surface area (Å²) >= 11 is 0. The molecule has 0 bridgehead atoms. The molecule has 2 atom stereocenters. The molecule has 1 saturated carbocycles. The third-order valence-electron chi connectivity index (χ3n) is 5.38. The van der Waals surface area contributed by atoms with E-state index in [4.69, 9.17) is 0 Å². The number of sulfonamides is 1. The van der Waals surface area contributed by atoms with Gasteiger partial charge in [-0.1, -0.05) is 49.2 Å². The molecule has 28 heavy (non-hydrogen) atoms. The summed E-state index contributed by atoms with van der Waals surface area (Å²) in [5.74, 6) is 0. The molecular weight excluding hydrogens is 372 g/mol. The number of hydrogen-bond acceptors (Lipinski definition) is 3. The molecule has 0 saturated heterocycles. The molecular formula is C22H28N2O3S. The number of hydrogen-bond donors (Lipinski definition) is 1. The van der Waals surface area contributed by atoms with Crippen LogP contribution in [0, 0.1) is 12.1 Å². The molecule has 0 heterocycles. The first-order valence-electron chi connectivity index (χ1n) is 9.89. The maximum absolute atomic E-state index is 13.3. The van der Waals surface area contributed by atoms with Gasteiger partial charge in [-0.2, -0.15) is 0 Å². The van der Waals surface area contributed by atoms with Gasteiger partial charge in [0.15, 0.2) is 11.8 Å². The van der Waals surface area contributed by atoms with Crippen molar-refractivity contribution >= 4 is 15.7 Å². The van der Waals surface area contributed by atoms with Crippen LogP contribution in [0.4, 0.5) is 0 Å². The molecule has 2 aromatic rings. The lowest BCUT2D eigenvalue weighted by Crippen LogP contribution is -2.50. The van der Waals surface area contributed by atoms with Crippen LogP contribution in [0.25, 0.3) is 0 Å². The van der Waals surface area contributed by atoms with E-state index in [1.165, 1.54) is 0 Å². The van der Waals surface area contributed by atoms with Gasteiger partial charge in [0.25, 0.3) is 0 Å². The first-order chi connectivity index (χ1) is 13.4. The second-order valence-corrected chi connectivity index (χ2v) is 9.10. The number of benzene rings is 2. The summed E-state index contributed by atoms with van der Waals surface area (Å²) in [7, 11) is -3.66. The highest BCUT2D eigenvalue weighted by Crippen LogP contribution is 2.24. The lowest BCUT2D eigenvalue weighted by molar-refractivity contribution is -0.509. The summed E-state index contributed by atoms with van der Waals surface area (Å²) in [5.41, 5.74) is 2.60. The molecule has 6 heteroatoms. The van der Waals surface area contributed by atoms with Crippen LogP contribution in [0.1, 0.15) is 50.2 Å². The van der Waals surface area contributed by atoms with Gasteiger partial charge >= 0.3 is 0 Å². The van der Waals surface area contributed by atoms with E-state index in [1.807, 2.05) is 44.2 Å². The smallest absolute Gasteiger partial charge is 0.241 e. The maximum Gasteiger partial charge on any atom is 0.241 e. The molecule has 2 aromatic carbocycles. The molecule has 150 valence electrons. The zero-order valence-electron chi connectivity index (χ0n) is 16.5. The topological polar surface area (TPSA) is 72.2 Å². The fourth-order valence-corrected chi connectivity index (χ4v) is 5.14. The molecule has 1 aliphatic carbocycles. The van der Waals surface area contributed by atoms with E-state index >= 15 is 0 Å². The van der Waals surface area contributed by atoms with Crippen molar-refractivity contribution in [1.82, 2.24) is 4.72 Å². The number of nitrogens with zero attached hydrogens (tertiary/aromatic N) is 1. The zero-order chi connectivity index (χ0) is 20.1. The SMILES string of the molecule is CC/C(c1ccccc1)=[N+](/[O-])[C@@H]1CCCC[C@H]1NS(=O)(=O)c1ccc(C)cc1. The van der Waals surface area contributed by atoms with Crippen molar-refractivity contribution < 1.29 is 13.2 Å². The molecule has 5 nitrogen and oxygen atoms in total. The van der Waals surface area contributed by atoms with E-state index in [2.05, 4.69) is 4.72 Å². The minimum Gasteiger partial charge on any atom is -0.623 e. The predicted molar refractivity (Wildman–Crippen MR) is 112 cm³/mol. The van der Waals surface area contributed by atoms with Crippen LogP contribution in [-0.2, 0) is 10.0 Å². The second kappa shape index (κ2) is 8.88. The number of hydroxylamine groups is 1. The molecule has 0 spiro atoms. The highest BCUT2D eigenvalue weighted by molar-refractivity contribution is 7.89. The van der Waals surface area contributed by atoms with Crippen LogP contribution in [0.3, 0.4) is 0 Å². The molecule has 0 amide bonds. The van der Waals surface area contributed by atoms with E-state index in [9.17, 15) is 13.6 Å². The molecule has 0 unspecified atom stereocenters. The van der Waals surface area contributed by atoms with Crippen LogP contribution in [0.5, 0.6) is 0 Å².